The van der Waals surface area contributed by atoms with Gasteiger partial charge >= 0.3 is 0 Å². The number of carbonyl (C=O) groups is 1. The van der Waals surface area contributed by atoms with Gasteiger partial charge in [0.05, 0.1) is 16.7 Å². The van der Waals surface area contributed by atoms with E-state index in [9.17, 15) is 9.18 Å². The topological polar surface area (TPSA) is 57.8 Å². The highest BCUT2D eigenvalue weighted by atomic mass is 19.1. The lowest BCUT2D eigenvalue weighted by molar-refractivity contribution is 0.0964. The summed E-state index contributed by atoms with van der Waals surface area (Å²) in [5, 5.41) is 4.37. The van der Waals surface area contributed by atoms with Gasteiger partial charge in [-0.25, -0.2) is 9.37 Å². The molecule has 25 heavy (non-hydrogen) atoms. The van der Waals surface area contributed by atoms with Crippen molar-refractivity contribution in [3.8, 4) is 11.3 Å². The predicted octanol–water partition coefficient (Wildman–Crippen LogP) is 4.19. The molecule has 0 aliphatic rings. The molecular weight excluding hydrogens is 317 g/mol. The van der Waals surface area contributed by atoms with Crippen LogP contribution in [0.2, 0.25) is 0 Å². The average molecular weight is 333 g/mol. The summed E-state index contributed by atoms with van der Waals surface area (Å²) in [4.78, 5) is 19.8. The predicted molar refractivity (Wildman–Crippen MR) is 97.1 cm³/mol. The van der Waals surface area contributed by atoms with E-state index in [0.29, 0.717) is 11.1 Å². The molecule has 2 N–H and O–H groups in total. The maximum atomic E-state index is 13.7. The number of rotatable bonds is 2. The summed E-state index contributed by atoms with van der Waals surface area (Å²) in [6.45, 7) is 1.75. The maximum Gasteiger partial charge on any atom is 0.251 e. The molecule has 0 saturated carbocycles. The van der Waals surface area contributed by atoms with Gasteiger partial charge in [0.25, 0.3) is 5.91 Å². The Morgan fingerprint density at radius 3 is 2.72 bits per heavy atom. The van der Waals surface area contributed by atoms with Crippen LogP contribution in [-0.2, 0) is 0 Å². The lowest BCUT2D eigenvalue weighted by Crippen LogP contribution is -2.18. The molecule has 4 aromatic rings. The SMILES string of the molecule is CNC(=O)c1cccc2nc(-c3c[nH]c4c(C)c(F)ccc34)ccc12. The number of H-pyrrole nitrogens is 1. The van der Waals surface area contributed by atoms with E-state index in [2.05, 4.69) is 10.3 Å². The molecule has 0 atom stereocenters. The Labute approximate surface area is 143 Å². The summed E-state index contributed by atoms with van der Waals surface area (Å²) in [7, 11) is 1.61. The van der Waals surface area contributed by atoms with Crippen LogP contribution in [0.5, 0.6) is 0 Å². The number of halogens is 1. The monoisotopic (exact) mass is 333 g/mol. The summed E-state index contributed by atoms with van der Waals surface area (Å²) in [5.41, 5.74) is 4.38. The Balaban J connectivity index is 1.91. The van der Waals surface area contributed by atoms with Crippen molar-refractivity contribution >= 4 is 27.7 Å². The number of aromatic nitrogens is 2. The van der Waals surface area contributed by atoms with E-state index in [1.807, 2.05) is 30.5 Å². The number of nitrogens with one attached hydrogen (secondary N) is 2. The molecule has 0 fully saturated rings. The average Bonchev–Trinajstić information content (AvgIpc) is 3.08. The van der Waals surface area contributed by atoms with E-state index in [1.165, 1.54) is 6.07 Å². The van der Waals surface area contributed by atoms with E-state index in [1.54, 1.807) is 26.1 Å². The number of carbonyl (C=O) groups excluding carboxylic acids is 1. The highest BCUT2D eigenvalue weighted by molar-refractivity contribution is 6.06. The van der Waals surface area contributed by atoms with Crippen LogP contribution in [0.3, 0.4) is 0 Å². The number of hydrogen-bond acceptors (Lipinski definition) is 2. The van der Waals surface area contributed by atoms with Gasteiger partial charge < -0.3 is 10.3 Å². The first-order valence-corrected chi connectivity index (χ1v) is 7.98. The Morgan fingerprint density at radius 2 is 1.92 bits per heavy atom. The number of nitrogens with zero attached hydrogens (tertiary/aromatic N) is 1. The summed E-state index contributed by atoms with van der Waals surface area (Å²) < 4.78 is 13.7. The second kappa shape index (κ2) is 5.70. The minimum atomic E-state index is -0.234. The third-order valence-electron chi connectivity index (χ3n) is 4.53. The van der Waals surface area contributed by atoms with Crippen LogP contribution in [0.4, 0.5) is 4.39 Å². The van der Waals surface area contributed by atoms with Crippen LogP contribution in [0.1, 0.15) is 15.9 Å². The van der Waals surface area contributed by atoms with Gasteiger partial charge in [-0.3, -0.25) is 4.79 Å². The smallest absolute Gasteiger partial charge is 0.251 e. The van der Waals surface area contributed by atoms with Gasteiger partial charge in [-0.05, 0) is 43.3 Å². The summed E-state index contributed by atoms with van der Waals surface area (Å²) in [6.07, 6.45) is 1.84. The summed E-state index contributed by atoms with van der Waals surface area (Å²) in [5.74, 6) is -0.374. The van der Waals surface area contributed by atoms with Gasteiger partial charge in [0.1, 0.15) is 5.82 Å². The van der Waals surface area contributed by atoms with Crippen LogP contribution in [0.25, 0.3) is 33.1 Å². The lowest BCUT2D eigenvalue weighted by Gasteiger charge is -2.07. The largest absolute Gasteiger partial charge is 0.360 e. The summed E-state index contributed by atoms with van der Waals surface area (Å²) in [6, 6.07) is 12.5. The molecule has 5 heteroatoms. The Kier molecular flexibility index (Phi) is 3.50. The third kappa shape index (κ3) is 2.36. The van der Waals surface area contributed by atoms with E-state index in [4.69, 9.17) is 4.98 Å². The number of amides is 1. The molecule has 4 nitrogen and oxygen atoms in total. The van der Waals surface area contributed by atoms with Crippen LogP contribution < -0.4 is 5.32 Å². The Hall–Kier alpha value is -3.21. The summed E-state index contributed by atoms with van der Waals surface area (Å²) >= 11 is 0. The van der Waals surface area contributed by atoms with Gasteiger partial charge in [0.2, 0.25) is 0 Å². The van der Waals surface area contributed by atoms with Crippen molar-refractivity contribution in [2.75, 3.05) is 7.05 Å². The van der Waals surface area contributed by atoms with Crippen molar-refractivity contribution in [1.29, 1.82) is 0 Å². The highest BCUT2D eigenvalue weighted by Gasteiger charge is 2.13. The number of fused-ring (bicyclic) bond motifs is 2. The molecule has 0 aliphatic carbocycles. The fourth-order valence-electron chi connectivity index (χ4n) is 3.17. The van der Waals surface area contributed by atoms with E-state index in [0.717, 1.165) is 33.1 Å². The standard InChI is InChI=1S/C20H16FN3O/c1-11-16(21)8-6-13-15(10-23-19(11)13)18-9-7-12-14(20(25)22-2)4-3-5-17(12)24-18/h3-10,23H,1-2H3,(H,22,25). The first-order chi connectivity index (χ1) is 12.1. The molecule has 2 heterocycles. The molecule has 2 aromatic heterocycles. The third-order valence-corrected chi connectivity index (χ3v) is 4.53. The number of benzene rings is 2. The first kappa shape index (κ1) is 15.3. The molecule has 0 spiro atoms. The molecular formula is C20H16FN3O. The van der Waals surface area contributed by atoms with E-state index >= 15 is 0 Å². The van der Waals surface area contributed by atoms with Crippen molar-refractivity contribution < 1.29 is 9.18 Å². The first-order valence-electron chi connectivity index (χ1n) is 7.98. The zero-order valence-electron chi connectivity index (χ0n) is 13.9. The van der Waals surface area contributed by atoms with Crippen LogP contribution >= 0.6 is 0 Å². The Bertz CT molecular complexity index is 1130. The zero-order valence-corrected chi connectivity index (χ0v) is 13.9. The van der Waals surface area contributed by atoms with Gasteiger partial charge in [0.15, 0.2) is 0 Å². The Morgan fingerprint density at radius 1 is 1.12 bits per heavy atom. The molecule has 1 amide bonds. The fourth-order valence-corrected chi connectivity index (χ4v) is 3.17. The van der Waals surface area contributed by atoms with Crippen molar-refractivity contribution in [2.45, 2.75) is 6.92 Å². The molecule has 0 bridgehead atoms. The second-order valence-electron chi connectivity index (χ2n) is 5.95. The number of pyridine rings is 1. The maximum absolute atomic E-state index is 13.7. The molecule has 0 aliphatic heterocycles. The van der Waals surface area contributed by atoms with Crippen molar-refractivity contribution in [1.82, 2.24) is 15.3 Å². The van der Waals surface area contributed by atoms with Crippen molar-refractivity contribution in [2.24, 2.45) is 0 Å². The van der Waals surface area contributed by atoms with Crippen molar-refractivity contribution in [3.05, 3.63) is 65.6 Å². The minimum absolute atomic E-state index is 0.140. The quantitative estimate of drug-likeness (QED) is 0.578. The second-order valence-corrected chi connectivity index (χ2v) is 5.95. The van der Waals surface area contributed by atoms with Gasteiger partial charge in [-0.2, -0.15) is 0 Å². The number of aryl methyl sites for hydroxylation is 1. The van der Waals surface area contributed by atoms with Crippen LogP contribution in [0, 0.1) is 12.7 Å². The molecule has 2 aromatic carbocycles. The number of hydrogen-bond donors (Lipinski definition) is 2. The van der Waals surface area contributed by atoms with Crippen molar-refractivity contribution in [3.63, 3.8) is 0 Å². The lowest BCUT2D eigenvalue weighted by atomic mass is 10.0. The molecule has 0 radical (unpaired) electrons. The molecule has 0 saturated heterocycles. The fraction of sp³-hybridized carbons (Fsp3) is 0.100. The van der Waals surface area contributed by atoms with Crippen LogP contribution in [-0.4, -0.2) is 22.9 Å². The number of aromatic amines is 1. The highest BCUT2D eigenvalue weighted by Crippen LogP contribution is 2.31. The van der Waals surface area contributed by atoms with Gasteiger partial charge in [-0.1, -0.05) is 6.07 Å². The van der Waals surface area contributed by atoms with E-state index in [-0.39, 0.29) is 11.7 Å². The van der Waals surface area contributed by atoms with Gasteiger partial charge in [-0.15, -0.1) is 0 Å². The van der Waals surface area contributed by atoms with Gasteiger partial charge in [0, 0.05) is 40.7 Å². The molecule has 4 rings (SSSR count). The normalized spacial score (nSPS) is 11.2. The minimum Gasteiger partial charge on any atom is -0.360 e. The molecule has 0 unspecified atom stereocenters. The van der Waals surface area contributed by atoms with E-state index < -0.39 is 0 Å². The molecule has 124 valence electrons. The zero-order chi connectivity index (χ0) is 17.6. The van der Waals surface area contributed by atoms with Crippen LogP contribution in [0.15, 0.2) is 48.7 Å².